The van der Waals surface area contributed by atoms with Gasteiger partial charge in [-0.2, -0.15) is 0 Å². The lowest BCUT2D eigenvalue weighted by atomic mass is 9.99. The van der Waals surface area contributed by atoms with Crippen molar-refractivity contribution in [3.63, 3.8) is 0 Å². The predicted molar refractivity (Wildman–Crippen MR) is 75.2 cm³/mol. The van der Waals surface area contributed by atoms with Crippen LogP contribution in [0.1, 0.15) is 31.5 Å². The highest BCUT2D eigenvalue weighted by Crippen LogP contribution is 2.08. The third kappa shape index (κ3) is 4.53. The number of hydrogen-bond acceptors (Lipinski definition) is 3. The van der Waals surface area contributed by atoms with Gasteiger partial charge in [-0.05, 0) is 24.5 Å². The van der Waals surface area contributed by atoms with Gasteiger partial charge in [-0.15, -0.1) is 0 Å². The summed E-state index contributed by atoms with van der Waals surface area (Å²) in [5, 5.41) is 14.2. The van der Waals surface area contributed by atoms with Gasteiger partial charge in [0.2, 0.25) is 0 Å². The van der Waals surface area contributed by atoms with E-state index in [4.69, 9.17) is 5.11 Å². The summed E-state index contributed by atoms with van der Waals surface area (Å²) in [5.41, 5.74) is 1.74. The van der Waals surface area contributed by atoms with Gasteiger partial charge in [0.05, 0.1) is 12.2 Å². The van der Waals surface area contributed by atoms with E-state index in [1.165, 1.54) is 0 Å². The molecule has 1 rings (SSSR count). The number of carboxylic acids is 1. The number of aromatic nitrogens is 1. The van der Waals surface area contributed by atoms with E-state index in [-0.39, 0.29) is 12.5 Å². The second-order valence-electron chi connectivity index (χ2n) is 4.80. The first-order valence-corrected chi connectivity index (χ1v) is 6.63. The lowest BCUT2D eigenvalue weighted by molar-refractivity contribution is -0.140. The first-order chi connectivity index (χ1) is 9.45. The molecule has 0 saturated carbocycles. The summed E-state index contributed by atoms with van der Waals surface area (Å²) in [4.78, 5) is 27.0. The van der Waals surface area contributed by atoms with Crippen LogP contribution in [0.4, 0.5) is 4.79 Å². The van der Waals surface area contributed by atoms with Gasteiger partial charge in [0, 0.05) is 6.20 Å². The zero-order chi connectivity index (χ0) is 15.1. The molecule has 6 nitrogen and oxygen atoms in total. The summed E-state index contributed by atoms with van der Waals surface area (Å²) in [6.45, 7) is 5.85. The largest absolute Gasteiger partial charge is 0.480 e. The number of carbonyl (C=O) groups is 2. The SMILES string of the molecule is CCC(C)[C@H](NC(=O)NCc1ncccc1C)C(=O)O. The summed E-state index contributed by atoms with van der Waals surface area (Å²) in [6, 6.07) is 2.34. The molecule has 0 aliphatic carbocycles. The fourth-order valence-corrected chi connectivity index (χ4v) is 1.74. The molecule has 1 unspecified atom stereocenters. The van der Waals surface area contributed by atoms with Gasteiger partial charge >= 0.3 is 12.0 Å². The van der Waals surface area contributed by atoms with Crippen LogP contribution in [0.15, 0.2) is 18.3 Å². The van der Waals surface area contributed by atoms with Crippen LogP contribution in [0, 0.1) is 12.8 Å². The van der Waals surface area contributed by atoms with Crippen LogP contribution in [0.3, 0.4) is 0 Å². The quantitative estimate of drug-likeness (QED) is 0.739. The van der Waals surface area contributed by atoms with Crippen molar-refractivity contribution in [3.8, 4) is 0 Å². The number of amides is 2. The summed E-state index contributed by atoms with van der Waals surface area (Å²) in [7, 11) is 0. The summed E-state index contributed by atoms with van der Waals surface area (Å²) in [5.74, 6) is -1.15. The van der Waals surface area contributed by atoms with Crippen molar-refractivity contribution < 1.29 is 14.7 Å². The van der Waals surface area contributed by atoms with Crippen LogP contribution >= 0.6 is 0 Å². The normalized spacial score (nSPS) is 13.3. The summed E-state index contributed by atoms with van der Waals surface area (Å²) < 4.78 is 0. The third-order valence-electron chi connectivity index (χ3n) is 3.30. The summed E-state index contributed by atoms with van der Waals surface area (Å²) in [6.07, 6.45) is 2.33. The summed E-state index contributed by atoms with van der Waals surface area (Å²) >= 11 is 0. The molecule has 2 amide bonds. The fraction of sp³-hybridized carbons (Fsp3) is 0.500. The van der Waals surface area contributed by atoms with Gasteiger partial charge in [0.25, 0.3) is 0 Å². The van der Waals surface area contributed by atoms with E-state index in [0.29, 0.717) is 6.42 Å². The maximum Gasteiger partial charge on any atom is 0.326 e. The van der Waals surface area contributed by atoms with Gasteiger partial charge in [-0.3, -0.25) is 4.98 Å². The molecule has 1 aromatic heterocycles. The second kappa shape index (κ2) is 7.47. The molecule has 2 atom stereocenters. The van der Waals surface area contributed by atoms with Crippen molar-refractivity contribution in [1.82, 2.24) is 15.6 Å². The number of carboxylic acid groups (broad SMARTS) is 1. The van der Waals surface area contributed by atoms with Crippen molar-refractivity contribution in [2.24, 2.45) is 5.92 Å². The number of urea groups is 1. The molecule has 1 heterocycles. The topological polar surface area (TPSA) is 91.3 Å². The molecule has 1 aromatic rings. The lowest BCUT2D eigenvalue weighted by Gasteiger charge is -2.20. The number of hydrogen-bond donors (Lipinski definition) is 3. The van der Waals surface area contributed by atoms with E-state index in [0.717, 1.165) is 11.3 Å². The Balaban J connectivity index is 2.55. The molecule has 0 aliphatic rings. The molecule has 0 saturated heterocycles. The molecule has 0 radical (unpaired) electrons. The Hall–Kier alpha value is -2.11. The maximum atomic E-state index is 11.7. The highest BCUT2D eigenvalue weighted by Gasteiger charge is 2.25. The minimum Gasteiger partial charge on any atom is -0.480 e. The third-order valence-corrected chi connectivity index (χ3v) is 3.30. The van der Waals surface area contributed by atoms with E-state index in [9.17, 15) is 9.59 Å². The molecule has 0 aliphatic heterocycles. The van der Waals surface area contributed by atoms with Crippen LogP contribution in [-0.2, 0) is 11.3 Å². The second-order valence-corrected chi connectivity index (χ2v) is 4.80. The molecule has 6 heteroatoms. The number of carbonyl (C=O) groups excluding carboxylic acids is 1. The Kier molecular flexibility index (Phi) is 5.96. The van der Waals surface area contributed by atoms with Crippen LogP contribution < -0.4 is 10.6 Å². The first-order valence-electron chi connectivity index (χ1n) is 6.63. The van der Waals surface area contributed by atoms with Crippen LogP contribution in [0.5, 0.6) is 0 Å². The van der Waals surface area contributed by atoms with Crippen molar-refractivity contribution in [2.75, 3.05) is 0 Å². The lowest BCUT2D eigenvalue weighted by Crippen LogP contribution is -2.49. The highest BCUT2D eigenvalue weighted by molar-refractivity contribution is 5.82. The molecule has 0 aromatic carbocycles. The smallest absolute Gasteiger partial charge is 0.326 e. The van der Waals surface area contributed by atoms with E-state index in [1.54, 1.807) is 13.1 Å². The van der Waals surface area contributed by atoms with E-state index < -0.39 is 18.0 Å². The Morgan fingerprint density at radius 1 is 1.45 bits per heavy atom. The average Bonchev–Trinajstić information content (AvgIpc) is 2.42. The fourth-order valence-electron chi connectivity index (χ4n) is 1.74. The Bertz CT molecular complexity index is 476. The maximum absolute atomic E-state index is 11.7. The van der Waals surface area contributed by atoms with Gasteiger partial charge in [-0.1, -0.05) is 26.3 Å². The molecule has 0 spiro atoms. The van der Waals surface area contributed by atoms with Gasteiger partial charge in [-0.25, -0.2) is 9.59 Å². The van der Waals surface area contributed by atoms with Crippen LogP contribution in [0.2, 0.25) is 0 Å². The van der Waals surface area contributed by atoms with Crippen molar-refractivity contribution >= 4 is 12.0 Å². The zero-order valence-electron chi connectivity index (χ0n) is 12.0. The van der Waals surface area contributed by atoms with Crippen molar-refractivity contribution in [1.29, 1.82) is 0 Å². The number of aliphatic carboxylic acids is 1. The predicted octanol–water partition coefficient (Wildman–Crippen LogP) is 1.69. The number of nitrogens with one attached hydrogen (secondary N) is 2. The number of rotatable bonds is 6. The van der Waals surface area contributed by atoms with Crippen LogP contribution in [0.25, 0.3) is 0 Å². The van der Waals surface area contributed by atoms with E-state index in [2.05, 4.69) is 15.6 Å². The Morgan fingerprint density at radius 3 is 2.70 bits per heavy atom. The van der Waals surface area contributed by atoms with E-state index >= 15 is 0 Å². The minimum absolute atomic E-state index is 0.130. The van der Waals surface area contributed by atoms with Gasteiger partial charge in [0.1, 0.15) is 6.04 Å². The van der Waals surface area contributed by atoms with Gasteiger partial charge < -0.3 is 15.7 Å². The molecule has 20 heavy (non-hydrogen) atoms. The molecule has 110 valence electrons. The molecule has 3 N–H and O–H groups in total. The molecular formula is C14H21N3O3. The Morgan fingerprint density at radius 2 is 2.15 bits per heavy atom. The number of aryl methyl sites for hydroxylation is 1. The Labute approximate surface area is 118 Å². The molecule has 0 bridgehead atoms. The number of nitrogens with zero attached hydrogens (tertiary/aromatic N) is 1. The van der Waals surface area contributed by atoms with Gasteiger partial charge in [0.15, 0.2) is 0 Å². The van der Waals surface area contributed by atoms with Crippen LogP contribution in [-0.4, -0.2) is 28.1 Å². The monoisotopic (exact) mass is 279 g/mol. The van der Waals surface area contributed by atoms with E-state index in [1.807, 2.05) is 26.0 Å². The van der Waals surface area contributed by atoms with Crippen molar-refractivity contribution in [3.05, 3.63) is 29.6 Å². The average molecular weight is 279 g/mol. The minimum atomic E-state index is -1.02. The zero-order valence-corrected chi connectivity index (χ0v) is 12.0. The molecule has 0 fully saturated rings. The first kappa shape index (κ1) is 15.9. The standard InChI is InChI=1S/C14H21N3O3/c1-4-9(2)12(13(18)19)17-14(20)16-8-11-10(3)6-5-7-15-11/h5-7,9,12H,4,8H2,1-3H3,(H,18,19)(H2,16,17,20)/t9?,12-/m0/s1. The van der Waals surface area contributed by atoms with Crippen molar-refractivity contribution in [2.45, 2.75) is 39.8 Å². The number of pyridine rings is 1. The highest BCUT2D eigenvalue weighted by atomic mass is 16.4. The molecular weight excluding hydrogens is 258 g/mol.